The van der Waals surface area contributed by atoms with Crippen molar-refractivity contribution >= 4 is 5.91 Å². The summed E-state index contributed by atoms with van der Waals surface area (Å²) >= 11 is 0. The maximum Gasteiger partial charge on any atom is 0.317 e. The van der Waals surface area contributed by atoms with Crippen LogP contribution in [0.3, 0.4) is 0 Å². The van der Waals surface area contributed by atoms with Crippen LogP contribution in [-0.2, 0) is 9.63 Å². The van der Waals surface area contributed by atoms with Crippen molar-refractivity contribution < 1.29 is 14.7 Å². The molecule has 1 amide bonds. The second-order valence-corrected chi connectivity index (χ2v) is 1.80. The van der Waals surface area contributed by atoms with Crippen LogP contribution >= 0.6 is 0 Å². The molecular formula is C5H9NO2. The van der Waals surface area contributed by atoms with Crippen molar-refractivity contribution in [3.8, 4) is 0 Å². The average molecular weight is 115 g/mol. The van der Waals surface area contributed by atoms with Crippen molar-refractivity contribution in [2.45, 2.75) is 12.8 Å². The molecule has 8 heavy (non-hydrogen) atoms. The summed E-state index contributed by atoms with van der Waals surface area (Å²) in [6, 6.07) is 0. The minimum Gasteiger partial charge on any atom is -0.257 e. The molecule has 0 bridgehead atoms. The molecule has 1 aliphatic rings. The number of carbonyl (C=O) groups is 1. The summed E-state index contributed by atoms with van der Waals surface area (Å²) in [5, 5.41) is 0.330. The molecule has 1 atom stereocenters. The van der Waals surface area contributed by atoms with Gasteiger partial charge in [0.25, 0.3) is 0 Å². The molecule has 0 aromatic heterocycles. The number of hydrogen-bond donors (Lipinski definition) is 1. The van der Waals surface area contributed by atoms with Gasteiger partial charge in [-0.2, -0.15) is 0 Å². The van der Waals surface area contributed by atoms with Crippen molar-refractivity contribution in [1.29, 1.82) is 0 Å². The predicted molar refractivity (Wildman–Crippen MR) is 26.5 cm³/mol. The lowest BCUT2D eigenvalue weighted by molar-refractivity contribution is -0.993. The topological polar surface area (TPSA) is 30.7 Å². The molecule has 1 aliphatic heterocycles. The van der Waals surface area contributed by atoms with E-state index in [0.29, 0.717) is 18.1 Å². The van der Waals surface area contributed by atoms with Gasteiger partial charge in [0.05, 0.1) is 6.42 Å². The van der Waals surface area contributed by atoms with Gasteiger partial charge in [-0.15, -0.1) is 7.05 Å². The van der Waals surface area contributed by atoms with Crippen LogP contribution in [-0.4, -0.2) is 12.5 Å². The summed E-state index contributed by atoms with van der Waals surface area (Å²) < 4.78 is 0. The second-order valence-electron chi connectivity index (χ2n) is 1.80. The standard InChI is InChI=1S/C5H9NO2/c1-6-5(7)3-2-4-8-6/h6H,1-4H2. The number of rotatable bonds is 0. The lowest BCUT2D eigenvalue weighted by Crippen LogP contribution is -3.09. The molecule has 1 fully saturated rings. The number of carbonyl (C=O) groups excluding carboxylic acids is 1. The summed E-state index contributed by atoms with van der Waals surface area (Å²) in [5.41, 5.74) is 0. The fourth-order valence-corrected chi connectivity index (χ4v) is 0.648. The SMILES string of the molecule is [CH2-][NH+]1OCCCC1=O. The summed E-state index contributed by atoms with van der Waals surface area (Å²) in [7, 11) is 3.42. The highest BCUT2D eigenvalue weighted by Crippen LogP contribution is 1.89. The smallest absolute Gasteiger partial charge is 0.257 e. The van der Waals surface area contributed by atoms with Crippen LogP contribution in [0.1, 0.15) is 12.8 Å². The Bertz CT molecular complexity index is 103. The van der Waals surface area contributed by atoms with Gasteiger partial charge < -0.3 is 0 Å². The summed E-state index contributed by atoms with van der Waals surface area (Å²) in [6.07, 6.45) is 1.46. The van der Waals surface area contributed by atoms with Gasteiger partial charge in [0.1, 0.15) is 6.61 Å². The van der Waals surface area contributed by atoms with Gasteiger partial charge >= 0.3 is 5.91 Å². The van der Waals surface area contributed by atoms with E-state index in [0.717, 1.165) is 6.42 Å². The molecule has 3 nitrogen and oxygen atoms in total. The normalized spacial score (nSPS) is 30.6. The van der Waals surface area contributed by atoms with E-state index in [1.165, 1.54) is 0 Å². The minimum atomic E-state index is 0.0521. The minimum absolute atomic E-state index is 0.0521. The Labute approximate surface area is 48.2 Å². The van der Waals surface area contributed by atoms with Crippen LogP contribution in [0.15, 0.2) is 0 Å². The quantitative estimate of drug-likeness (QED) is 0.407. The third kappa shape index (κ3) is 1.05. The number of hydrogen-bond acceptors (Lipinski definition) is 2. The highest BCUT2D eigenvalue weighted by Gasteiger charge is 2.15. The predicted octanol–water partition coefficient (Wildman–Crippen LogP) is -1.09. The Hall–Kier alpha value is -0.410. The highest BCUT2D eigenvalue weighted by molar-refractivity contribution is 5.66. The molecule has 1 N–H and O–H groups in total. The Morgan fingerprint density at radius 3 is 2.88 bits per heavy atom. The maximum absolute atomic E-state index is 10.6. The van der Waals surface area contributed by atoms with Crippen LogP contribution in [0.5, 0.6) is 0 Å². The molecule has 3 heteroatoms. The van der Waals surface area contributed by atoms with Gasteiger partial charge in [0.2, 0.25) is 0 Å². The Kier molecular flexibility index (Phi) is 1.60. The van der Waals surface area contributed by atoms with E-state index < -0.39 is 0 Å². The molecule has 0 aromatic carbocycles. The van der Waals surface area contributed by atoms with Gasteiger partial charge in [-0.1, -0.05) is 0 Å². The van der Waals surface area contributed by atoms with E-state index in [4.69, 9.17) is 4.84 Å². The van der Waals surface area contributed by atoms with Crippen molar-refractivity contribution in [2.75, 3.05) is 6.61 Å². The third-order valence-corrected chi connectivity index (χ3v) is 1.14. The number of quaternary nitrogens is 1. The van der Waals surface area contributed by atoms with E-state index in [-0.39, 0.29) is 5.91 Å². The maximum atomic E-state index is 10.6. The molecule has 0 saturated carbocycles. The van der Waals surface area contributed by atoms with Crippen LogP contribution < -0.4 is 5.06 Å². The Balaban J connectivity index is 2.39. The zero-order valence-corrected chi connectivity index (χ0v) is 4.64. The van der Waals surface area contributed by atoms with Gasteiger partial charge in [-0.25, -0.2) is 9.63 Å². The van der Waals surface area contributed by atoms with Crippen molar-refractivity contribution in [3.05, 3.63) is 7.05 Å². The van der Waals surface area contributed by atoms with E-state index >= 15 is 0 Å². The molecule has 1 heterocycles. The fourth-order valence-electron chi connectivity index (χ4n) is 0.648. The molecule has 0 aliphatic carbocycles. The van der Waals surface area contributed by atoms with Crippen LogP contribution in [0.4, 0.5) is 0 Å². The van der Waals surface area contributed by atoms with Crippen LogP contribution in [0.25, 0.3) is 0 Å². The third-order valence-electron chi connectivity index (χ3n) is 1.14. The zero-order valence-electron chi connectivity index (χ0n) is 4.64. The summed E-state index contributed by atoms with van der Waals surface area (Å²) in [5.74, 6) is 0.0521. The van der Waals surface area contributed by atoms with Gasteiger partial charge in [0, 0.05) is 0 Å². The lowest BCUT2D eigenvalue weighted by Gasteiger charge is -2.19. The van der Waals surface area contributed by atoms with E-state index in [9.17, 15) is 4.79 Å². The van der Waals surface area contributed by atoms with Gasteiger partial charge in [-0.3, -0.25) is 5.06 Å². The summed E-state index contributed by atoms with van der Waals surface area (Å²) in [6.45, 7) is 0.657. The zero-order chi connectivity index (χ0) is 5.98. The van der Waals surface area contributed by atoms with E-state index in [1.54, 1.807) is 0 Å². The Morgan fingerprint density at radius 1 is 1.75 bits per heavy atom. The van der Waals surface area contributed by atoms with Crippen molar-refractivity contribution in [1.82, 2.24) is 0 Å². The molecular weight excluding hydrogens is 106 g/mol. The van der Waals surface area contributed by atoms with Gasteiger partial charge in [0.15, 0.2) is 0 Å². The number of amides is 1. The van der Waals surface area contributed by atoms with Gasteiger partial charge in [-0.05, 0) is 6.42 Å². The first-order chi connectivity index (χ1) is 3.80. The molecule has 1 unspecified atom stereocenters. The average Bonchev–Trinajstić information content (AvgIpc) is 1.77. The molecule has 1 rings (SSSR count). The first-order valence-electron chi connectivity index (χ1n) is 2.65. The lowest BCUT2D eigenvalue weighted by atomic mass is 10.3. The molecule has 0 spiro atoms. The highest BCUT2D eigenvalue weighted by atomic mass is 16.7. The van der Waals surface area contributed by atoms with Crippen molar-refractivity contribution in [3.63, 3.8) is 0 Å². The monoisotopic (exact) mass is 115 g/mol. The molecule has 46 valence electrons. The molecule has 0 aromatic rings. The first kappa shape index (κ1) is 5.72. The Morgan fingerprint density at radius 2 is 2.50 bits per heavy atom. The van der Waals surface area contributed by atoms with E-state index in [2.05, 4.69) is 7.05 Å². The fraction of sp³-hybridized carbons (Fsp3) is 0.600. The number of nitrogens with one attached hydrogen (secondary N) is 1. The van der Waals surface area contributed by atoms with E-state index in [1.807, 2.05) is 0 Å². The van der Waals surface area contributed by atoms with Crippen molar-refractivity contribution in [2.24, 2.45) is 0 Å². The van der Waals surface area contributed by atoms with Crippen LogP contribution in [0, 0.1) is 7.05 Å². The summed E-state index contributed by atoms with van der Waals surface area (Å²) in [4.78, 5) is 15.4. The molecule has 0 radical (unpaired) electrons. The first-order valence-corrected chi connectivity index (χ1v) is 2.65. The second kappa shape index (κ2) is 2.24. The largest absolute Gasteiger partial charge is 0.317 e. The molecule has 1 saturated heterocycles. The van der Waals surface area contributed by atoms with Crippen LogP contribution in [0.2, 0.25) is 0 Å². The number of hydroxylamine groups is 2.